The van der Waals surface area contributed by atoms with Crippen LogP contribution in [0.4, 0.5) is 5.69 Å². The normalized spacial score (nSPS) is 11.5. The predicted molar refractivity (Wildman–Crippen MR) is 70.4 cm³/mol. The van der Waals surface area contributed by atoms with Crippen LogP contribution in [0.5, 0.6) is 5.75 Å². The molecule has 0 saturated heterocycles. The molecule has 2 rings (SSSR count). The van der Waals surface area contributed by atoms with Gasteiger partial charge in [0.15, 0.2) is 6.61 Å². The lowest BCUT2D eigenvalue weighted by molar-refractivity contribution is 0.253. The van der Waals surface area contributed by atoms with Gasteiger partial charge in [-0.05, 0) is 12.1 Å². The molecule has 0 amide bonds. The van der Waals surface area contributed by atoms with E-state index in [0.717, 1.165) is 5.76 Å². The highest BCUT2D eigenvalue weighted by Crippen LogP contribution is 2.24. The minimum Gasteiger partial charge on any atom is -0.482 e. The Labute approximate surface area is 107 Å². The van der Waals surface area contributed by atoms with Crippen molar-refractivity contribution in [1.82, 2.24) is 4.98 Å². The van der Waals surface area contributed by atoms with Crippen molar-refractivity contribution in [3.05, 3.63) is 42.1 Å². The molecule has 0 unspecified atom stereocenters. The van der Waals surface area contributed by atoms with Gasteiger partial charge in [-0.15, -0.1) is 0 Å². The van der Waals surface area contributed by atoms with E-state index in [1.165, 1.54) is 0 Å². The molecule has 0 aliphatic rings. The first kappa shape index (κ1) is 12.5. The lowest BCUT2D eigenvalue weighted by atomic mass is 9.94. The maximum Gasteiger partial charge on any atom is 0.232 e. The van der Waals surface area contributed by atoms with E-state index in [-0.39, 0.29) is 12.0 Å². The zero-order chi connectivity index (χ0) is 13.2. The number of anilines is 1. The molecular weight excluding hydrogens is 228 g/mol. The summed E-state index contributed by atoms with van der Waals surface area (Å²) in [5.41, 5.74) is 6.35. The summed E-state index contributed by atoms with van der Waals surface area (Å²) in [6.45, 7) is 6.51. The van der Waals surface area contributed by atoms with Gasteiger partial charge in [-0.1, -0.05) is 32.9 Å². The van der Waals surface area contributed by atoms with Gasteiger partial charge in [0.05, 0.1) is 11.9 Å². The summed E-state index contributed by atoms with van der Waals surface area (Å²) in [5, 5.41) is 0. The third kappa shape index (κ3) is 2.83. The number of para-hydroxylation sites is 2. The third-order valence-corrected chi connectivity index (χ3v) is 2.56. The quantitative estimate of drug-likeness (QED) is 0.845. The molecule has 1 heterocycles. The van der Waals surface area contributed by atoms with Gasteiger partial charge in [0.1, 0.15) is 11.5 Å². The highest BCUT2D eigenvalue weighted by molar-refractivity contribution is 5.51. The maximum atomic E-state index is 5.78. The molecule has 0 fully saturated rings. The van der Waals surface area contributed by atoms with Crippen LogP contribution in [0, 0.1) is 0 Å². The summed E-state index contributed by atoms with van der Waals surface area (Å²) < 4.78 is 11.2. The summed E-state index contributed by atoms with van der Waals surface area (Å²) in [7, 11) is 0. The van der Waals surface area contributed by atoms with Crippen molar-refractivity contribution in [2.75, 3.05) is 5.73 Å². The standard InChI is InChI=1S/C14H18N2O2/c1-14(2,3)12-8-16-13(18-12)9-17-11-7-5-4-6-10(11)15/h4-8H,9,15H2,1-3H3. The highest BCUT2D eigenvalue weighted by Gasteiger charge is 2.19. The number of nitrogens with two attached hydrogens (primary N) is 1. The zero-order valence-electron chi connectivity index (χ0n) is 10.9. The van der Waals surface area contributed by atoms with Crippen LogP contribution in [0.1, 0.15) is 32.4 Å². The largest absolute Gasteiger partial charge is 0.482 e. The number of hydrogen-bond donors (Lipinski definition) is 1. The SMILES string of the molecule is CC(C)(C)c1cnc(COc2ccccc2N)o1. The molecule has 1 aromatic carbocycles. The molecule has 0 bridgehead atoms. The third-order valence-electron chi connectivity index (χ3n) is 2.56. The predicted octanol–water partition coefficient (Wildman–Crippen LogP) is 3.13. The van der Waals surface area contributed by atoms with E-state index < -0.39 is 0 Å². The van der Waals surface area contributed by atoms with Crippen LogP contribution in [-0.4, -0.2) is 4.98 Å². The van der Waals surface area contributed by atoms with Crippen molar-refractivity contribution in [2.24, 2.45) is 0 Å². The van der Waals surface area contributed by atoms with Gasteiger partial charge >= 0.3 is 0 Å². The van der Waals surface area contributed by atoms with Crippen molar-refractivity contribution in [1.29, 1.82) is 0 Å². The van der Waals surface area contributed by atoms with Crippen molar-refractivity contribution >= 4 is 5.69 Å². The molecule has 4 nitrogen and oxygen atoms in total. The Kier molecular flexibility index (Phi) is 3.28. The van der Waals surface area contributed by atoms with Crippen LogP contribution in [0.15, 0.2) is 34.9 Å². The van der Waals surface area contributed by atoms with Crippen molar-refractivity contribution in [2.45, 2.75) is 32.8 Å². The van der Waals surface area contributed by atoms with Gasteiger partial charge in [0, 0.05) is 5.41 Å². The van der Waals surface area contributed by atoms with Crippen LogP contribution in [0.25, 0.3) is 0 Å². The van der Waals surface area contributed by atoms with E-state index >= 15 is 0 Å². The van der Waals surface area contributed by atoms with Crippen molar-refractivity contribution in [3.8, 4) is 5.75 Å². The van der Waals surface area contributed by atoms with Gasteiger partial charge in [0.25, 0.3) is 0 Å². The molecule has 96 valence electrons. The molecule has 2 N–H and O–H groups in total. The summed E-state index contributed by atoms with van der Waals surface area (Å²) in [6.07, 6.45) is 1.74. The monoisotopic (exact) mass is 246 g/mol. The summed E-state index contributed by atoms with van der Waals surface area (Å²) >= 11 is 0. The molecule has 2 aromatic rings. The fourth-order valence-electron chi connectivity index (χ4n) is 1.48. The Morgan fingerprint density at radius 3 is 2.61 bits per heavy atom. The van der Waals surface area contributed by atoms with E-state index in [9.17, 15) is 0 Å². The molecule has 4 heteroatoms. The second kappa shape index (κ2) is 4.72. The van der Waals surface area contributed by atoms with E-state index in [4.69, 9.17) is 14.9 Å². The number of nitrogens with zero attached hydrogens (tertiary/aromatic N) is 1. The van der Waals surface area contributed by atoms with Crippen LogP contribution in [0.3, 0.4) is 0 Å². The van der Waals surface area contributed by atoms with Gasteiger partial charge in [-0.2, -0.15) is 0 Å². The van der Waals surface area contributed by atoms with E-state index in [2.05, 4.69) is 25.8 Å². The maximum absolute atomic E-state index is 5.78. The Bertz CT molecular complexity index is 527. The smallest absolute Gasteiger partial charge is 0.232 e. The Balaban J connectivity index is 2.03. The lowest BCUT2D eigenvalue weighted by Gasteiger charge is -2.13. The lowest BCUT2D eigenvalue weighted by Crippen LogP contribution is -2.09. The number of hydrogen-bond acceptors (Lipinski definition) is 4. The highest BCUT2D eigenvalue weighted by atomic mass is 16.5. The number of oxazole rings is 1. The van der Waals surface area contributed by atoms with Gasteiger partial charge in [-0.3, -0.25) is 0 Å². The summed E-state index contributed by atoms with van der Waals surface area (Å²) in [5.74, 6) is 2.05. The second-order valence-electron chi connectivity index (χ2n) is 5.19. The van der Waals surface area contributed by atoms with Crippen LogP contribution in [-0.2, 0) is 12.0 Å². The number of nitrogen functional groups attached to an aromatic ring is 1. The molecule has 0 atom stereocenters. The molecule has 0 aliphatic heterocycles. The summed E-state index contributed by atoms with van der Waals surface area (Å²) in [6, 6.07) is 7.36. The molecule has 1 aromatic heterocycles. The number of rotatable bonds is 3. The van der Waals surface area contributed by atoms with Gasteiger partial charge in [0.2, 0.25) is 5.89 Å². The van der Waals surface area contributed by atoms with E-state index in [1.54, 1.807) is 12.3 Å². The number of benzene rings is 1. The zero-order valence-corrected chi connectivity index (χ0v) is 10.9. The first-order valence-corrected chi connectivity index (χ1v) is 5.89. The van der Waals surface area contributed by atoms with Crippen LogP contribution >= 0.6 is 0 Å². The van der Waals surface area contributed by atoms with Gasteiger partial charge in [-0.25, -0.2) is 4.98 Å². The topological polar surface area (TPSA) is 61.3 Å². The van der Waals surface area contributed by atoms with Crippen molar-refractivity contribution < 1.29 is 9.15 Å². The van der Waals surface area contributed by atoms with Crippen molar-refractivity contribution in [3.63, 3.8) is 0 Å². The molecule has 0 aliphatic carbocycles. The molecule has 18 heavy (non-hydrogen) atoms. The minimum atomic E-state index is -0.0446. The minimum absolute atomic E-state index is 0.0446. The van der Waals surface area contributed by atoms with Crippen LogP contribution < -0.4 is 10.5 Å². The number of ether oxygens (including phenoxy) is 1. The fraction of sp³-hybridized carbons (Fsp3) is 0.357. The Hall–Kier alpha value is -1.97. The van der Waals surface area contributed by atoms with E-state index in [1.807, 2.05) is 18.2 Å². The second-order valence-corrected chi connectivity index (χ2v) is 5.19. The Morgan fingerprint density at radius 1 is 1.28 bits per heavy atom. The number of aromatic nitrogens is 1. The first-order valence-electron chi connectivity index (χ1n) is 5.89. The van der Waals surface area contributed by atoms with E-state index in [0.29, 0.717) is 17.3 Å². The van der Waals surface area contributed by atoms with Gasteiger partial charge < -0.3 is 14.9 Å². The summed E-state index contributed by atoms with van der Waals surface area (Å²) in [4.78, 5) is 4.19. The van der Waals surface area contributed by atoms with Crippen LogP contribution in [0.2, 0.25) is 0 Å². The Morgan fingerprint density at radius 2 is 2.00 bits per heavy atom. The average molecular weight is 246 g/mol. The fourth-order valence-corrected chi connectivity index (χ4v) is 1.48. The molecule has 0 spiro atoms. The average Bonchev–Trinajstić information content (AvgIpc) is 2.76. The molecular formula is C14H18N2O2. The molecule has 0 saturated carbocycles. The first-order chi connectivity index (χ1) is 8.47. The molecule has 0 radical (unpaired) electrons.